The minimum absolute atomic E-state index is 0.259. The lowest BCUT2D eigenvalue weighted by Crippen LogP contribution is -2.18. The van der Waals surface area contributed by atoms with Gasteiger partial charge in [0.1, 0.15) is 0 Å². The van der Waals surface area contributed by atoms with E-state index >= 15 is 0 Å². The molecule has 0 saturated heterocycles. The number of benzene rings is 2. The Bertz CT molecular complexity index is 613. The average molecular weight is 315 g/mol. The number of nitrogens with one attached hydrogen (secondary N) is 1. The molecular formula is C19H25NO3. The van der Waals surface area contributed by atoms with Crippen LogP contribution < -0.4 is 19.5 Å². The van der Waals surface area contributed by atoms with E-state index in [1.54, 1.807) is 21.3 Å². The highest BCUT2D eigenvalue weighted by atomic mass is 16.5. The zero-order chi connectivity index (χ0) is 16.8. The van der Waals surface area contributed by atoms with Crippen LogP contribution in [0.1, 0.15) is 29.7 Å². The van der Waals surface area contributed by atoms with Gasteiger partial charge in [-0.3, -0.25) is 0 Å². The van der Waals surface area contributed by atoms with E-state index < -0.39 is 0 Å². The maximum atomic E-state index is 5.39. The molecule has 124 valence electrons. The molecule has 0 saturated carbocycles. The summed E-state index contributed by atoms with van der Waals surface area (Å²) in [5.41, 5.74) is 3.62. The monoisotopic (exact) mass is 315 g/mol. The molecule has 1 N–H and O–H groups in total. The first kappa shape index (κ1) is 17.2. The lowest BCUT2D eigenvalue weighted by molar-refractivity contribution is 0.323. The zero-order valence-electron chi connectivity index (χ0n) is 14.5. The third kappa shape index (κ3) is 4.17. The smallest absolute Gasteiger partial charge is 0.203 e. The molecule has 0 aromatic heterocycles. The third-order valence-corrected chi connectivity index (χ3v) is 3.91. The second-order valence-electron chi connectivity index (χ2n) is 5.55. The second-order valence-corrected chi connectivity index (χ2v) is 5.55. The Morgan fingerprint density at radius 2 is 1.48 bits per heavy atom. The average Bonchev–Trinajstić information content (AvgIpc) is 2.59. The van der Waals surface area contributed by atoms with Crippen LogP contribution in [0.4, 0.5) is 0 Å². The molecule has 4 nitrogen and oxygen atoms in total. The van der Waals surface area contributed by atoms with Crippen LogP contribution in [-0.4, -0.2) is 21.3 Å². The minimum Gasteiger partial charge on any atom is -0.493 e. The summed E-state index contributed by atoms with van der Waals surface area (Å²) in [5.74, 6) is 1.96. The van der Waals surface area contributed by atoms with Crippen molar-refractivity contribution in [1.29, 1.82) is 0 Å². The van der Waals surface area contributed by atoms with Gasteiger partial charge in [-0.2, -0.15) is 0 Å². The van der Waals surface area contributed by atoms with Gasteiger partial charge in [-0.05, 0) is 37.1 Å². The maximum absolute atomic E-state index is 5.39. The van der Waals surface area contributed by atoms with Gasteiger partial charge >= 0.3 is 0 Å². The molecule has 0 unspecified atom stereocenters. The Balaban J connectivity index is 2.12. The van der Waals surface area contributed by atoms with Gasteiger partial charge in [0.15, 0.2) is 11.5 Å². The normalized spacial score (nSPS) is 11.9. The lowest BCUT2D eigenvalue weighted by Gasteiger charge is -2.17. The molecule has 0 aliphatic heterocycles. The minimum atomic E-state index is 0.259. The SMILES string of the molecule is COc1cc(CN[C@@H](C)c2ccc(C)cc2)cc(OC)c1OC. The van der Waals surface area contributed by atoms with Crippen LogP contribution in [0, 0.1) is 6.92 Å². The van der Waals surface area contributed by atoms with Gasteiger partial charge in [-0.25, -0.2) is 0 Å². The van der Waals surface area contributed by atoms with Gasteiger partial charge in [0.05, 0.1) is 21.3 Å². The van der Waals surface area contributed by atoms with Crippen molar-refractivity contribution in [2.75, 3.05) is 21.3 Å². The van der Waals surface area contributed by atoms with Crippen molar-refractivity contribution in [3.8, 4) is 17.2 Å². The molecule has 2 aromatic carbocycles. The molecule has 1 atom stereocenters. The number of hydrogen-bond acceptors (Lipinski definition) is 4. The summed E-state index contributed by atoms with van der Waals surface area (Å²) in [4.78, 5) is 0. The van der Waals surface area contributed by atoms with Gasteiger partial charge in [0.2, 0.25) is 5.75 Å². The zero-order valence-corrected chi connectivity index (χ0v) is 14.5. The summed E-state index contributed by atoms with van der Waals surface area (Å²) in [6, 6.07) is 12.8. The summed E-state index contributed by atoms with van der Waals surface area (Å²) in [6.45, 7) is 4.96. The third-order valence-electron chi connectivity index (χ3n) is 3.91. The van der Waals surface area contributed by atoms with E-state index in [1.807, 2.05) is 12.1 Å². The Labute approximate surface area is 138 Å². The van der Waals surface area contributed by atoms with Crippen LogP contribution in [-0.2, 0) is 6.54 Å². The molecule has 0 radical (unpaired) electrons. The topological polar surface area (TPSA) is 39.7 Å². The summed E-state index contributed by atoms with van der Waals surface area (Å²) < 4.78 is 16.1. The van der Waals surface area contributed by atoms with Gasteiger partial charge in [-0.15, -0.1) is 0 Å². The van der Waals surface area contributed by atoms with Crippen molar-refractivity contribution in [2.45, 2.75) is 26.4 Å². The van der Waals surface area contributed by atoms with Gasteiger partial charge in [0.25, 0.3) is 0 Å². The number of rotatable bonds is 7. The number of aryl methyl sites for hydroxylation is 1. The molecule has 0 heterocycles. The number of methoxy groups -OCH3 is 3. The van der Waals surface area contributed by atoms with Crippen molar-refractivity contribution >= 4 is 0 Å². The first-order chi connectivity index (χ1) is 11.1. The maximum Gasteiger partial charge on any atom is 0.203 e. The molecule has 4 heteroatoms. The fraction of sp³-hybridized carbons (Fsp3) is 0.368. The molecule has 0 fully saturated rings. The summed E-state index contributed by atoms with van der Waals surface area (Å²) in [7, 11) is 4.87. The van der Waals surface area contributed by atoms with Crippen LogP contribution in [0.2, 0.25) is 0 Å². The second kappa shape index (κ2) is 7.88. The molecular weight excluding hydrogens is 290 g/mol. The Hall–Kier alpha value is -2.20. The largest absolute Gasteiger partial charge is 0.493 e. The van der Waals surface area contributed by atoms with E-state index in [0.29, 0.717) is 23.8 Å². The molecule has 2 rings (SSSR count). The van der Waals surface area contributed by atoms with Gasteiger partial charge < -0.3 is 19.5 Å². The highest BCUT2D eigenvalue weighted by molar-refractivity contribution is 5.53. The standard InChI is InChI=1S/C19H25NO3/c1-13-6-8-16(9-7-13)14(2)20-12-15-10-17(21-3)19(23-5)18(11-15)22-4/h6-11,14,20H,12H2,1-5H3/t14-/m0/s1. The Kier molecular flexibility index (Phi) is 5.88. The molecule has 23 heavy (non-hydrogen) atoms. The summed E-state index contributed by atoms with van der Waals surface area (Å²) in [6.07, 6.45) is 0. The first-order valence-corrected chi connectivity index (χ1v) is 7.67. The van der Waals surface area contributed by atoms with Crippen molar-refractivity contribution < 1.29 is 14.2 Å². The van der Waals surface area contributed by atoms with Gasteiger partial charge in [0, 0.05) is 12.6 Å². The van der Waals surface area contributed by atoms with Crippen LogP contribution in [0.25, 0.3) is 0 Å². The van der Waals surface area contributed by atoms with Crippen LogP contribution >= 0.6 is 0 Å². The van der Waals surface area contributed by atoms with Crippen LogP contribution in [0.3, 0.4) is 0 Å². The van der Waals surface area contributed by atoms with E-state index in [2.05, 4.69) is 43.4 Å². The molecule has 2 aromatic rings. The fourth-order valence-corrected chi connectivity index (χ4v) is 2.48. The van der Waals surface area contributed by atoms with Crippen molar-refractivity contribution in [3.05, 3.63) is 53.1 Å². The van der Waals surface area contributed by atoms with E-state index in [1.165, 1.54) is 11.1 Å². The summed E-state index contributed by atoms with van der Waals surface area (Å²) >= 11 is 0. The predicted molar refractivity (Wildman–Crippen MR) is 92.5 cm³/mol. The molecule has 0 aliphatic rings. The number of hydrogen-bond donors (Lipinski definition) is 1. The quantitative estimate of drug-likeness (QED) is 0.842. The van der Waals surface area contributed by atoms with E-state index in [-0.39, 0.29) is 6.04 Å². The van der Waals surface area contributed by atoms with Crippen LogP contribution in [0.15, 0.2) is 36.4 Å². The Morgan fingerprint density at radius 1 is 0.913 bits per heavy atom. The van der Waals surface area contributed by atoms with Crippen molar-refractivity contribution in [3.63, 3.8) is 0 Å². The highest BCUT2D eigenvalue weighted by Gasteiger charge is 2.13. The van der Waals surface area contributed by atoms with Crippen LogP contribution in [0.5, 0.6) is 17.2 Å². The molecule has 0 amide bonds. The number of ether oxygens (including phenoxy) is 3. The first-order valence-electron chi connectivity index (χ1n) is 7.67. The highest BCUT2D eigenvalue weighted by Crippen LogP contribution is 2.38. The summed E-state index contributed by atoms with van der Waals surface area (Å²) in [5, 5.41) is 3.52. The van der Waals surface area contributed by atoms with Crippen molar-refractivity contribution in [2.24, 2.45) is 0 Å². The predicted octanol–water partition coefficient (Wildman–Crippen LogP) is 3.87. The van der Waals surface area contributed by atoms with Gasteiger partial charge in [-0.1, -0.05) is 29.8 Å². The van der Waals surface area contributed by atoms with Crippen molar-refractivity contribution in [1.82, 2.24) is 5.32 Å². The van der Waals surface area contributed by atoms with E-state index in [0.717, 1.165) is 5.56 Å². The molecule has 0 aliphatic carbocycles. The van der Waals surface area contributed by atoms with E-state index in [4.69, 9.17) is 14.2 Å². The molecule has 0 bridgehead atoms. The van der Waals surface area contributed by atoms with E-state index in [9.17, 15) is 0 Å². The lowest BCUT2D eigenvalue weighted by atomic mass is 10.1. The molecule has 0 spiro atoms. The Morgan fingerprint density at radius 3 is 1.96 bits per heavy atom. The fourth-order valence-electron chi connectivity index (χ4n) is 2.48.